The van der Waals surface area contributed by atoms with E-state index >= 15 is 0 Å². The predicted octanol–water partition coefficient (Wildman–Crippen LogP) is 2.34. The van der Waals surface area contributed by atoms with Gasteiger partial charge < -0.3 is 0 Å². The Kier molecular flexibility index (Phi) is 3.03. The van der Waals surface area contributed by atoms with Crippen molar-refractivity contribution in [2.45, 2.75) is 31.2 Å². The molecule has 2 aromatic heterocycles. The molecule has 0 bridgehead atoms. The van der Waals surface area contributed by atoms with Crippen molar-refractivity contribution in [1.29, 1.82) is 0 Å². The molecule has 4 nitrogen and oxygen atoms in total. The topological polar surface area (TPSA) is 51.6 Å². The van der Waals surface area contributed by atoms with Crippen molar-refractivity contribution < 1.29 is 0 Å². The number of aromatic nitrogens is 4. The van der Waals surface area contributed by atoms with Gasteiger partial charge in [-0.15, -0.1) is 0 Å². The Morgan fingerprint density at radius 2 is 1.82 bits per heavy atom. The molecule has 92 valence electrons. The molecule has 0 radical (unpaired) electrons. The first kappa shape index (κ1) is 12.2. The smallest absolute Gasteiger partial charge is 0.135 e. The quantitative estimate of drug-likeness (QED) is 0.623. The summed E-state index contributed by atoms with van der Waals surface area (Å²) in [4.78, 5) is 17.6. The maximum absolute atomic E-state index is 4.70. The lowest BCUT2D eigenvalue weighted by molar-refractivity contribution is 0.542. The summed E-state index contributed by atoms with van der Waals surface area (Å²) in [7, 11) is -0.300. The van der Waals surface area contributed by atoms with Gasteiger partial charge in [0.2, 0.25) is 0 Å². The minimum atomic E-state index is -0.300. The Bertz CT molecular complexity index is 546. The highest BCUT2D eigenvalue weighted by Gasteiger charge is 2.20. The average Bonchev–Trinajstić information content (AvgIpc) is 2.26. The van der Waals surface area contributed by atoms with Crippen LogP contribution in [-0.2, 0) is 5.41 Å². The van der Waals surface area contributed by atoms with Crippen LogP contribution in [0.15, 0.2) is 17.6 Å². The predicted molar refractivity (Wildman–Crippen MR) is 72.9 cm³/mol. The standard InChI is InChI=1S/C12H18N4S/c1-12(2,3)11-15-8-6-13-7-14-9(8)10(16-11)17(4)5/h6-7,17H,1-5H3. The van der Waals surface area contributed by atoms with E-state index in [9.17, 15) is 0 Å². The van der Waals surface area contributed by atoms with E-state index in [-0.39, 0.29) is 16.3 Å². The van der Waals surface area contributed by atoms with E-state index in [1.165, 1.54) is 0 Å². The van der Waals surface area contributed by atoms with Crippen LogP contribution in [0.1, 0.15) is 26.6 Å². The molecule has 0 saturated heterocycles. The minimum Gasteiger partial charge on any atom is -0.243 e. The van der Waals surface area contributed by atoms with E-state index in [1.807, 2.05) is 0 Å². The van der Waals surface area contributed by atoms with Gasteiger partial charge in [0.1, 0.15) is 28.2 Å². The summed E-state index contributed by atoms with van der Waals surface area (Å²) in [6.45, 7) is 6.36. The Balaban J connectivity index is 2.76. The second-order valence-electron chi connectivity index (χ2n) is 5.27. The highest BCUT2D eigenvalue weighted by molar-refractivity contribution is 8.15. The van der Waals surface area contributed by atoms with Crippen LogP contribution in [-0.4, -0.2) is 32.4 Å². The molecular weight excluding hydrogens is 232 g/mol. The number of hydrogen-bond donors (Lipinski definition) is 1. The number of rotatable bonds is 1. The van der Waals surface area contributed by atoms with Crippen molar-refractivity contribution in [2.75, 3.05) is 12.5 Å². The van der Waals surface area contributed by atoms with Crippen LogP contribution in [0, 0.1) is 0 Å². The molecule has 2 heterocycles. The third-order valence-electron chi connectivity index (χ3n) is 2.44. The molecular formula is C12H18N4S. The Labute approximate surface area is 104 Å². The van der Waals surface area contributed by atoms with Crippen LogP contribution < -0.4 is 0 Å². The molecule has 0 N–H and O–H groups in total. The van der Waals surface area contributed by atoms with Crippen LogP contribution in [0.2, 0.25) is 0 Å². The van der Waals surface area contributed by atoms with Crippen LogP contribution in [0.3, 0.4) is 0 Å². The maximum Gasteiger partial charge on any atom is 0.135 e. The first-order chi connectivity index (χ1) is 7.89. The normalized spacial score (nSPS) is 12.9. The van der Waals surface area contributed by atoms with E-state index < -0.39 is 0 Å². The van der Waals surface area contributed by atoms with Crippen molar-refractivity contribution in [1.82, 2.24) is 19.9 Å². The second kappa shape index (κ2) is 4.22. The van der Waals surface area contributed by atoms with Crippen molar-refractivity contribution in [3.63, 3.8) is 0 Å². The molecule has 0 atom stereocenters. The highest BCUT2D eigenvalue weighted by Crippen LogP contribution is 2.33. The van der Waals surface area contributed by atoms with E-state index in [2.05, 4.69) is 48.2 Å². The van der Waals surface area contributed by atoms with E-state index in [1.54, 1.807) is 12.5 Å². The van der Waals surface area contributed by atoms with Crippen LogP contribution >= 0.6 is 10.9 Å². The monoisotopic (exact) mass is 250 g/mol. The molecule has 2 rings (SSSR count). The third kappa shape index (κ3) is 2.39. The summed E-state index contributed by atoms with van der Waals surface area (Å²) >= 11 is 0. The Morgan fingerprint density at radius 3 is 2.41 bits per heavy atom. The molecule has 2 aromatic rings. The minimum absolute atomic E-state index is 0.0515. The van der Waals surface area contributed by atoms with Crippen molar-refractivity contribution in [2.24, 2.45) is 0 Å². The van der Waals surface area contributed by atoms with Gasteiger partial charge >= 0.3 is 0 Å². The Hall–Kier alpha value is -1.23. The maximum atomic E-state index is 4.70. The van der Waals surface area contributed by atoms with Gasteiger partial charge in [0.25, 0.3) is 0 Å². The summed E-state index contributed by atoms with van der Waals surface area (Å²) in [5, 5.41) is 1.07. The summed E-state index contributed by atoms with van der Waals surface area (Å²) in [5.41, 5.74) is 1.69. The molecule has 0 amide bonds. The van der Waals surface area contributed by atoms with E-state index in [4.69, 9.17) is 4.98 Å². The fraction of sp³-hybridized carbons (Fsp3) is 0.500. The molecule has 0 aromatic carbocycles. The fourth-order valence-electron chi connectivity index (χ4n) is 1.52. The van der Waals surface area contributed by atoms with Gasteiger partial charge in [-0.1, -0.05) is 20.8 Å². The van der Waals surface area contributed by atoms with Crippen molar-refractivity contribution in [3.05, 3.63) is 18.3 Å². The lowest BCUT2D eigenvalue weighted by atomic mass is 9.96. The first-order valence-corrected chi connectivity index (χ1v) is 7.79. The largest absolute Gasteiger partial charge is 0.243 e. The number of nitrogens with zero attached hydrogens (tertiary/aromatic N) is 4. The van der Waals surface area contributed by atoms with E-state index in [0.29, 0.717) is 0 Å². The zero-order valence-corrected chi connectivity index (χ0v) is 11.8. The molecule has 0 aliphatic rings. The van der Waals surface area contributed by atoms with Gasteiger partial charge in [0, 0.05) is 5.41 Å². The molecule has 0 aliphatic heterocycles. The fourth-order valence-corrected chi connectivity index (χ4v) is 2.41. The zero-order valence-electron chi connectivity index (χ0n) is 10.9. The summed E-state index contributed by atoms with van der Waals surface area (Å²) in [6.07, 6.45) is 7.70. The van der Waals surface area contributed by atoms with Gasteiger partial charge in [-0.05, 0) is 12.5 Å². The number of thiol groups is 1. The van der Waals surface area contributed by atoms with Gasteiger partial charge in [0.05, 0.1) is 6.20 Å². The van der Waals surface area contributed by atoms with Gasteiger partial charge in [-0.25, -0.2) is 30.8 Å². The average molecular weight is 250 g/mol. The summed E-state index contributed by atoms with van der Waals surface area (Å²) < 4.78 is 0. The van der Waals surface area contributed by atoms with Gasteiger partial charge in [-0.3, -0.25) is 0 Å². The van der Waals surface area contributed by atoms with Crippen LogP contribution in [0.25, 0.3) is 11.0 Å². The molecule has 0 spiro atoms. The number of fused-ring (bicyclic) bond motifs is 1. The number of hydrogen-bond acceptors (Lipinski definition) is 4. The Morgan fingerprint density at radius 1 is 1.12 bits per heavy atom. The molecule has 0 fully saturated rings. The van der Waals surface area contributed by atoms with Crippen LogP contribution in [0.4, 0.5) is 0 Å². The highest BCUT2D eigenvalue weighted by atomic mass is 32.2. The van der Waals surface area contributed by atoms with Crippen LogP contribution in [0.5, 0.6) is 0 Å². The molecule has 0 saturated carbocycles. The van der Waals surface area contributed by atoms with Crippen molar-refractivity contribution >= 4 is 21.9 Å². The summed E-state index contributed by atoms with van der Waals surface area (Å²) in [6, 6.07) is 0. The lowest BCUT2D eigenvalue weighted by Crippen LogP contribution is -2.17. The SMILES string of the molecule is C[SH](C)c1nc(C(C)(C)C)nc2cncnc12. The first-order valence-electron chi connectivity index (χ1n) is 5.55. The van der Waals surface area contributed by atoms with Crippen molar-refractivity contribution in [3.8, 4) is 0 Å². The molecule has 5 heteroatoms. The second-order valence-corrected chi connectivity index (χ2v) is 7.48. The molecule has 17 heavy (non-hydrogen) atoms. The van der Waals surface area contributed by atoms with Gasteiger partial charge in [0.15, 0.2) is 0 Å². The summed E-state index contributed by atoms with van der Waals surface area (Å²) in [5.74, 6) is 0.867. The molecule has 0 unspecified atom stereocenters. The van der Waals surface area contributed by atoms with Gasteiger partial charge in [-0.2, -0.15) is 0 Å². The third-order valence-corrected chi connectivity index (χ3v) is 3.60. The zero-order chi connectivity index (χ0) is 12.6. The van der Waals surface area contributed by atoms with E-state index in [0.717, 1.165) is 21.9 Å². The molecule has 0 aliphatic carbocycles. The lowest BCUT2D eigenvalue weighted by Gasteiger charge is -2.20.